The van der Waals surface area contributed by atoms with Crippen LogP contribution in [0.5, 0.6) is 0 Å². The number of aliphatic imine (C=N–C) groups is 1. The molecule has 0 bridgehead atoms. The standard InChI is InChI=1S/C27H34N2O2.C2H6/c1-28-24(23-16-17-25-26(19-23)31-27(30)29-25)13-6-5-8-20-11-7-12-22(15-14-20)18-21-9-3-2-4-10-21;1-2/h2-4,9-10,16-17,19-20,22H,5-8,11-15,18H2,1H3,(H,29,30);1-2H3. The molecular formula is C29H40N2O2. The Labute approximate surface area is 198 Å². The second-order valence-electron chi connectivity index (χ2n) is 9.07. The molecular weight excluding hydrogens is 408 g/mol. The van der Waals surface area contributed by atoms with Crippen molar-refractivity contribution in [2.45, 2.75) is 78.1 Å². The number of aromatic nitrogens is 1. The van der Waals surface area contributed by atoms with Crippen LogP contribution in [-0.4, -0.2) is 17.7 Å². The molecule has 4 rings (SSSR count). The molecule has 33 heavy (non-hydrogen) atoms. The molecule has 3 aromatic rings. The van der Waals surface area contributed by atoms with Crippen molar-refractivity contribution in [2.24, 2.45) is 16.8 Å². The van der Waals surface area contributed by atoms with Crippen molar-refractivity contribution < 1.29 is 4.42 Å². The first kappa shape index (κ1) is 25.0. The predicted molar refractivity (Wildman–Crippen MR) is 139 cm³/mol. The van der Waals surface area contributed by atoms with Gasteiger partial charge in [-0.3, -0.25) is 9.98 Å². The van der Waals surface area contributed by atoms with Crippen LogP contribution in [0.3, 0.4) is 0 Å². The second kappa shape index (κ2) is 13.2. The number of fused-ring (bicyclic) bond motifs is 1. The van der Waals surface area contributed by atoms with Gasteiger partial charge in [-0.2, -0.15) is 0 Å². The summed E-state index contributed by atoms with van der Waals surface area (Å²) in [6, 6.07) is 16.8. The molecule has 2 unspecified atom stereocenters. The average Bonchev–Trinajstić information content (AvgIpc) is 3.08. The summed E-state index contributed by atoms with van der Waals surface area (Å²) < 4.78 is 5.20. The van der Waals surface area contributed by atoms with Crippen molar-refractivity contribution >= 4 is 16.8 Å². The van der Waals surface area contributed by atoms with Gasteiger partial charge in [0, 0.05) is 12.8 Å². The Morgan fingerprint density at radius 3 is 2.55 bits per heavy atom. The molecule has 0 aliphatic heterocycles. The van der Waals surface area contributed by atoms with Gasteiger partial charge >= 0.3 is 5.76 Å². The van der Waals surface area contributed by atoms with E-state index >= 15 is 0 Å². The van der Waals surface area contributed by atoms with Crippen LogP contribution >= 0.6 is 0 Å². The Balaban J connectivity index is 0.00000149. The highest BCUT2D eigenvalue weighted by Crippen LogP contribution is 2.32. The van der Waals surface area contributed by atoms with Crippen LogP contribution in [0.2, 0.25) is 0 Å². The van der Waals surface area contributed by atoms with Crippen molar-refractivity contribution in [1.82, 2.24) is 4.98 Å². The number of benzene rings is 2. The highest BCUT2D eigenvalue weighted by Gasteiger charge is 2.19. The van der Waals surface area contributed by atoms with Crippen LogP contribution < -0.4 is 5.76 Å². The van der Waals surface area contributed by atoms with Gasteiger partial charge in [0.25, 0.3) is 0 Å². The normalized spacial score (nSPS) is 19.1. The molecule has 1 saturated carbocycles. The lowest BCUT2D eigenvalue weighted by atomic mass is 9.90. The molecule has 1 aliphatic carbocycles. The third kappa shape index (κ3) is 7.45. The monoisotopic (exact) mass is 448 g/mol. The number of hydrogen-bond donors (Lipinski definition) is 1. The molecule has 4 nitrogen and oxygen atoms in total. The summed E-state index contributed by atoms with van der Waals surface area (Å²) in [6.07, 6.45) is 12.9. The van der Waals surface area contributed by atoms with Crippen molar-refractivity contribution in [2.75, 3.05) is 7.05 Å². The minimum atomic E-state index is -0.406. The van der Waals surface area contributed by atoms with Gasteiger partial charge in [0.15, 0.2) is 5.58 Å². The molecule has 2 aromatic carbocycles. The fourth-order valence-corrected chi connectivity index (χ4v) is 5.13. The van der Waals surface area contributed by atoms with Crippen molar-refractivity contribution in [3.05, 3.63) is 70.2 Å². The second-order valence-corrected chi connectivity index (χ2v) is 9.07. The van der Waals surface area contributed by atoms with Crippen molar-refractivity contribution in [3.63, 3.8) is 0 Å². The van der Waals surface area contributed by atoms with Crippen LogP contribution in [0.1, 0.15) is 82.8 Å². The number of rotatable bonds is 8. The molecule has 1 N–H and O–H groups in total. The molecule has 4 heteroatoms. The molecule has 0 spiro atoms. The van der Waals surface area contributed by atoms with E-state index in [9.17, 15) is 4.79 Å². The summed E-state index contributed by atoms with van der Waals surface area (Å²) in [6.45, 7) is 4.00. The maximum atomic E-state index is 11.4. The first-order valence-electron chi connectivity index (χ1n) is 12.8. The summed E-state index contributed by atoms with van der Waals surface area (Å²) in [7, 11) is 1.85. The Morgan fingerprint density at radius 2 is 1.76 bits per heavy atom. The summed E-state index contributed by atoms with van der Waals surface area (Å²) in [5.74, 6) is 1.33. The van der Waals surface area contributed by atoms with E-state index < -0.39 is 5.76 Å². The van der Waals surface area contributed by atoms with Crippen LogP contribution in [0.15, 0.2) is 62.7 Å². The number of oxazole rings is 1. The minimum Gasteiger partial charge on any atom is -0.408 e. The zero-order chi connectivity index (χ0) is 23.5. The van der Waals surface area contributed by atoms with Crippen LogP contribution in [0.4, 0.5) is 0 Å². The van der Waals surface area contributed by atoms with E-state index in [0.717, 1.165) is 41.5 Å². The van der Waals surface area contributed by atoms with Gasteiger partial charge in [-0.1, -0.05) is 88.8 Å². The van der Waals surface area contributed by atoms with E-state index in [1.807, 2.05) is 39.1 Å². The molecule has 0 amide bonds. The number of unbranched alkanes of at least 4 members (excludes halogenated alkanes) is 1. The summed E-state index contributed by atoms with van der Waals surface area (Å²) in [4.78, 5) is 18.6. The smallest absolute Gasteiger partial charge is 0.408 e. The molecule has 2 atom stereocenters. The van der Waals surface area contributed by atoms with E-state index in [0.29, 0.717) is 5.58 Å². The zero-order valence-electron chi connectivity index (χ0n) is 20.6. The van der Waals surface area contributed by atoms with E-state index in [-0.39, 0.29) is 0 Å². The third-order valence-electron chi connectivity index (χ3n) is 6.88. The molecule has 1 heterocycles. The van der Waals surface area contributed by atoms with Gasteiger partial charge in [0.05, 0.1) is 5.52 Å². The first-order valence-corrected chi connectivity index (χ1v) is 12.8. The highest BCUT2D eigenvalue weighted by molar-refractivity contribution is 6.02. The van der Waals surface area contributed by atoms with Gasteiger partial charge in [0.2, 0.25) is 0 Å². The predicted octanol–water partition coefficient (Wildman–Crippen LogP) is 7.57. The molecule has 1 aromatic heterocycles. The van der Waals surface area contributed by atoms with Crippen molar-refractivity contribution in [3.8, 4) is 0 Å². The van der Waals surface area contributed by atoms with Crippen LogP contribution in [0, 0.1) is 11.8 Å². The molecule has 0 radical (unpaired) electrons. The lowest BCUT2D eigenvalue weighted by Gasteiger charge is -2.15. The van der Waals surface area contributed by atoms with Gasteiger partial charge in [-0.05, 0) is 60.8 Å². The van der Waals surface area contributed by atoms with Gasteiger partial charge in [0.1, 0.15) is 0 Å². The van der Waals surface area contributed by atoms with E-state index in [2.05, 4.69) is 40.3 Å². The summed E-state index contributed by atoms with van der Waals surface area (Å²) >= 11 is 0. The van der Waals surface area contributed by atoms with Gasteiger partial charge < -0.3 is 4.42 Å². The molecule has 1 aliphatic rings. The molecule has 0 saturated heterocycles. The SMILES string of the molecule is CC.CN=C(CCCCC1CCCC(Cc2ccccc2)CC1)c1ccc2[nH]c(=O)oc2c1. The number of aromatic amines is 1. The fraction of sp³-hybridized carbons (Fsp3) is 0.517. The first-order chi connectivity index (χ1) is 16.2. The van der Waals surface area contributed by atoms with Gasteiger partial charge in [-0.25, -0.2) is 4.79 Å². The lowest BCUT2D eigenvalue weighted by molar-refractivity contribution is 0.397. The van der Waals surface area contributed by atoms with Crippen LogP contribution in [-0.2, 0) is 6.42 Å². The maximum Gasteiger partial charge on any atom is 0.417 e. The Morgan fingerprint density at radius 1 is 1.00 bits per heavy atom. The fourth-order valence-electron chi connectivity index (χ4n) is 5.13. The van der Waals surface area contributed by atoms with Gasteiger partial charge in [-0.15, -0.1) is 0 Å². The van der Waals surface area contributed by atoms with Crippen molar-refractivity contribution in [1.29, 1.82) is 0 Å². The Hall–Kier alpha value is -2.62. The number of hydrogen-bond acceptors (Lipinski definition) is 3. The molecule has 1 fully saturated rings. The lowest BCUT2D eigenvalue weighted by Crippen LogP contribution is -2.04. The zero-order valence-corrected chi connectivity index (χ0v) is 20.6. The summed E-state index contributed by atoms with van der Waals surface area (Å²) in [5, 5.41) is 0. The van der Waals surface area contributed by atoms with Crippen LogP contribution in [0.25, 0.3) is 11.1 Å². The third-order valence-corrected chi connectivity index (χ3v) is 6.88. The largest absolute Gasteiger partial charge is 0.417 e. The average molecular weight is 449 g/mol. The van der Waals surface area contributed by atoms with E-state index in [1.54, 1.807) is 0 Å². The number of H-pyrrole nitrogens is 1. The number of nitrogens with zero attached hydrogens (tertiary/aromatic N) is 1. The Bertz CT molecular complexity index is 1050. The maximum absolute atomic E-state index is 11.4. The topological polar surface area (TPSA) is 58.4 Å². The number of nitrogens with one attached hydrogen (secondary N) is 1. The summed E-state index contributed by atoms with van der Waals surface area (Å²) in [5.41, 5.74) is 4.98. The van der Waals surface area contributed by atoms with E-state index in [1.165, 1.54) is 56.9 Å². The quantitative estimate of drug-likeness (QED) is 0.219. The highest BCUT2D eigenvalue weighted by atomic mass is 16.4. The minimum absolute atomic E-state index is 0.406. The van der Waals surface area contributed by atoms with E-state index in [4.69, 9.17) is 4.42 Å². The molecule has 178 valence electrons. The Kier molecular flexibility index (Phi) is 9.99.